The SMILES string of the molecule is CC.CC(C)C.CC(C)n1c2ccccc2c2cnccc21. The molecule has 0 aliphatic heterocycles. The van der Waals surface area contributed by atoms with E-state index in [0.717, 1.165) is 5.92 Å². The van der Waals surface area contributed by atoms with Crippen LogP contribution in [0.25, 0.3) is 21.8 Å². The van der Waals surface area contributed by atoms with E-state index in [1.807, 2.05) is 26.2 Å². The Bertz CT molecular complexity index is 637. The summed E-state index contributed by atoms with van der Waals surface area (Å²) in [5.74, 6) is 0.833. The summed E-state index contributed by atoms with van der Waals surface area (Å²) < 4.78 is 2.37. The minimum atomic E-state index is 0.463. The molecular formula is C20H30N2. The predicted octanol–water partition coefficient (Wildman–Crippen LogP) is 6.46. The molecule has 0 radical (unpaired) electrons. The maximum Gasteiger partial charge on any atom is 0.0524 e. The van der Waals surface area contributed by atoms with Crippen LogP contribution in [-0.2, 0) is 0 Å². The Balaban J connectivity index is 0.000000354. The summed E-state index contributed by atoms with van der Waals surface area (Å²) in [4.78, 5) is 4.22. The summed E-state index contributed by atoms with van der Waals surface area (Å²) in [7, 11) is 0. The topological polar surface area (TPSA) is 17.8 Å². The van der Waals surface area contributed by atoms with Gasteiger partial charge < -0.3 is 4.57 Å². The van der Waals surface area contributed by atoms with Gasteiger partial charge in [0, 0.05) is 34.7 Å². The average Bonchev–Trinajstić information content (AvgIpc) is 2.83. The van der Waals surface area contributed by atoms with Gasteiger partial charge in [-0.05, 0) is 31.9 Å². The van der Waals surface area contributed by atoms with Crippen LogP contribution in [0.3, 0.4) is 0 Å². The van der Waals surface area contributed by atoms with Crippen LogP contribution in [0.2, 0.25) is 0 Å². The second kappa shape index (κ2) is 8.57. The Morgan fingerprint density at radius 3 is 1.95 bits per heavy atom. The molecule has 0 atom stereocenters. The van der Waals surface area contributed by atoms with E-state index in [9.17, 15) is 0 Å². The third kappa shape index (κ3) is 4.09. The summed E-state index contributed by atoms with van der Waals surface area (Å²) in [6.07, 6.45) is 3.82. The van der Waals surface area contributed by atoms with E-state index in [-0.39, 0.29) is 0 Å². The molecule has 2 heterocycles. The van der Waals surface area contributed by atoms with Crippen molar-refractivity contribution in [2.45, 2.75) is 54.5 Å². The Labute approximate surface area is 135 Å². The summed E-state index contributed by atoms with van der Waals surface area (Å²) in [6.45, 7) is 14.9. The van der Waals surface area contributed by atoms with Gasteiger partial charge in [0.1, 0.15) is 0 Å². The first-order valence-corrected chi connectivity index (χ1v) is 8.35. The minimum absolute atomic E-state index is 0.463. The average molecular weight is 298 g/mol. The van der Waals surface area contributed by atoms with Crippen LogP contribution in [-0.4, -0.2) is 9.55 Å². The summed E-state index contributed by atoms with van der Waals surface area (Å²) in [6, 6.07) is 11.1. The van der Waals surface area contributed by atoms with Crippen molar-refractivity contribution in [2.24, 2.45) is 5.92 Å². The molecule has 1 aromatic carbocycles. The van der Waals surface area contributed by atoms with Crippen molar-refractivity contribution in [1.29, 1.82) is 0 Å². The smallest absolute Gasteiger partial charge is 0.0524 e. The molecule has 0 aliphatic rings. The molecule has 0 aliphatic carbocycles. The quantitative estimate of drug-likeness (QED) is 0.504. The van der Waals surface area contributed by atoms with Gasteiger partial charge in [0.2, 0.25) is 0 Å². The highest BCUT2D eigenvalue weighted by molar-refractivity contribution is 6.07. The molecule has 2 heteroatoms. The van der Waals surface area contributed by atoms with Gasteiger partial charge in [0.05, 0.1) is 5.52 Å². The Morgan fingerprint density at radius 1 is 0.818 bits per heavy atom. The number of hydrogen-bond acceptors (Lipinski definition) is 1. The Morgan fingerprint density at radius 2 is 1.36 bits per heavy atom. The summed E-state index contributed by atoms with van der Waals surface area (Å²) in [5, 5.41) is 2.53. The first kappa shape index (κ1) is 18.2. The molecule has 0 saturated carbocycles. The fourth-order valence-electron chi connectivity index (χ4n) is 2.40. The van der Waals surface area contributed by atoms with Crippen molar-refractivity contribution < 1.29 is 0 Å². The largest absolute Gasteiger partial charge is 0.338 e. The minimum Gasteiger partial charge on any atom is -0.338 e. The van der Waals surface area contributed by atoms with Crippen molar-refractivity contribution in [3.05, 3.63) is 42.7 Å². The van der Waals surface area contributed by atoms with Crippen molar-refractivity contribution >= 4 is 21.8 Å². The highest BCUT2D eigenvalue weighted by Gasteiger charge is 2.11. The molecule has 2 aromatic heterocycles. The zero-order valence-electron chi connectivity index (χ0n) is 15.1. The van der Waals surface area contributed by atoms with Crippen molar-refractivity contribution in [2.75, 3.05) is 0 Å². The fourth-order valence-corrected chi connectivity index (χ4v) is 2.40. The third-order valence-corrected chi connectivity index (χ3v) is 3.03. The normalized spacial score (nSPS) is 10.4. The first-order valence-electron chi connectivity index (χ1n) is 8.35. The van der Waals surface area contributed by atoms with Crippen molar-refractivity contribution in [3.63, 3.8) is 0 Å². The van der Waals surface area contributed by atoms with E-state index < -0.39 is 0 Å². The number of benzene rings is 1. The summed E-state index contributed by atoms with van der Waals surface area (Å²) in [5.41, 5.74) is 2.56. The zero-order chi connectivity index (χ0) is 16.7. The maximum absolute atomic E-state index is 4.22. The lowest BCUT2D eigenvalue weighted by Crippen LogP contribution is -1.99. The van der Waals surface area contributed by atoms with Crippen molar-refractivity contribution in [3.8, 4) is 0 Å². The molecule has 3 aromatic rings. The molecule has 120 valence electrons. The lowest BCUT2D eigenvalue weighted by Gasteiger charge is -2.10. The number of aromatic nitrogens is 2. The molecule has 2 nitrogen and oxygen atoms in total. The second-order valence-corrected chi connectivity index (χ2v) is 6.11. The molecule has 3 rings (SSSR count). The van der Waals surface area contributed by atoms with Gasteiger partial charge >= 0.3 is 0 Å². The monoisotopic (exact) mass is 298 g/mol. The number of pyridine rings is 1. The molecule has 0 amide bonds. The molecule has 0 fully saturated rings. The standard InChI is InChI=1S/C14H14N2.C4H10.C2H6/c1-10(2)16-13-6-4-3-5-11(13)12-9-15-8-7-14(12)16;1-4(2)3;1-2/h3-10H,1-2H3;4H,1-3H3;1-2H3. The molecule has 0 N–H and O–H groups in total. The van der Waals surface area contributed by atoms with E-state index in [0.29, 0.717) is 6.04 Å². The van der Waals surface area contributed by atoms with Crippen LogP contribution in [0.4, 0.5) is 0 Å². The van der Waals surface area contributed by atoms with E-state index in [1.165, 1.54) is 21.8 Å². The molecule has 22 heavy (non-hydrogen) atoms. The molecule has 0 unspecified atom stereocenters. The number of hydrogen-bond donors (Lipinski definition) is 0. The van der Waals surface area contributed by atoms with Crippen LogP contribution in [0.1, 0.15) is 54.5 Å². The number of para-hydroxylation sites is 1. The summed E-state index contributed by atoms with van der Waals surface area (Å²) >= 11 is 0. The number of nitrogens with zero attached hydrogens (tertiary/aromatic N) is 2. The lowest BCUT2D eigenvalue weighted by molar-refractivity contribution is 0.642. The van der Waals surface area contributed by atoms with Gasteiger partial charge in [0.25, 0.3) is 0 Å². The highest BCUT2D eigenvalue weighted by atomic mass is 15.0. The van der Waals surface area contributed by atoms with Crippen LogP contribution in [0, 0.1) is 5.92 Å². The van der Waals surface area contributed by atoms with Gasteiger partial charge in [-0.15, -0.1) is 0 Å². The van der Waals surface area contributed by atoms with Gasteiger partial charge in [-0.2, -0.15) is 0 Å². The number of rotatable bonds is 1. The molecular weight excluding hydrogens is 268 g/mol. The van der Waals surface area contributed by atoms with Crippen molar-refractivity contribution in [1.82, 2.24) is 9.55 Å². The molecule has 0 bridgehead atoms. The maximum atomic E-state index is 4.22. The lowest BCUT2D eigenvalue weighted by atomic mass is 10.2. The van der Waals surface area contributed by atoms with Crippen LogP contribution < -0.4 is 0 Å². The van der Waals surface area contributed by atoms with Gasteiger partial charge in [-0.1, -0.05) is 52.8 Å². The first-order chi connectivity index (χ1) is 10.5. The Kier molecular flexibility index (Phi) is 7.10. The number of fused-ring (bicyclic) bond motifs is 3. The van der Waals surface area contributed by atoms with E-state index >= 15 is 0 Å². The van der Waals surface area contributed by atoms with E-state index in [4.69, 9.17) is 0 Å². The highest BCUT2D eigenvalue weighted by Crippen LogP contribution is 2.30. The zero-order valence-corrected chi connectivity index (χ0v) is 15.1. The molecule has 0 saturated heterocycles. The van der Waals surface area contributed by atoms with Gasteiger partial charge in [-0.25, -0.2) is 0 Å². The molecule has 0 spiro atoms. The van der Waals surface area contributed by atoms with E-state index in [1.54, 1.807) is 0 Å². The van der Waals surface area contributed by atoms with Crippen LogP contribution in [0.5, 0.6) is 0 Å². The van der Waals surface area contributed by atoms with Gasteiger partial charge in [-0.3, -0.25) is 4.98 Å². The predicted molar refractivity (Wildman–Crippen MR) is 99.5 cm³/mol. The van der Waals surface area contributed by atoms with Crippen LogP contribution in [0.15, 0.2) is 42.7 Å². The van der Waals surface area contributed by atoms with Gasteiger partial charge in [0.15, 0.2) is 0 Å². The second-order valence-electron chi connectivity index (χ2n) is 6.11. The van der Waals surface area contributed by atoms with Crippen LogP contribution >= 0.6 is 0 Å². The Hall–Kier alpha value is -1.83. The fraction of sp³-hybridized carbons (Fsp3) is 0.450. The third-order valence-electron chi connectivity index (χ3n) is 3.03. The van der Waals surface area contributed by atoms with E-state index in [2.05, 4.69) is 74.5 Å².